The van der Waals surface area contributed by atoms with Crippen molar-refractivity contribution in [2.45, 2.75) is 25.8 Å². The van der Waals surface area contributed by atoms with E-state index in [1.54, 1.807) is 6.92 Å². The Hall–Kier alpha value is -2.28. The first kappa shape index (κ1) is 16.6. The van der Waals surface area contributed by atoms with Crippen molar-refractivity contribution in [3.63, 3.8) is 0 Å². The van der Waals surface area contributed by atoms with Gasteiger partial charge in [-0.2, -0.15) is 0 Å². The number of aryl methyl sites for hydroxylation is 1. The van der Waals surface area contributed by atoms with Crippen molar-refractivity contribution >= 4 is 5.82 Å². The lowest BCUT2D eigenvalue weighted by atomic mass is 10.0. The Morgan fingerprint density at radius 3 is 2.71 bits per heavy atom. The largest absolute Gasteiger partial charge is 0.507 e. The van der Waals surface area contributed by atoms with Gasteiger partial charge in [0.1, 0.15) is 17.3 Å². The Kier molecular flexibility index (Phi) is 4.62. The summed E-state index contributed by atoms with van der Waals surface area (Å²) in [5.41, 5.74) is 0.469. The highest BCUT2D eigenvalue weighted by Crippen LogP contribution is 2.33. The quantitative estimate of drug-likeness (QED) is 0.904. The molecule has 7 heteroatoms. The molecular weight excluding hydrogens is 314 g/mol. The molecule has 0 bridgehead atoms. The van der Waals surface area contributed by atoms with E-state index in [0.29, 0.717) is 11.4 Å². The number of benzene rings is 1. The van der Waals surface area contributed by atoms with Crippen molar-refractivity contribution in [2.75, 3.05) is 25.5 Å². The lowest BCUT2D eigenvalue weighted by molar-refractivity contribution is 0.260. The zero-order valence-electron chi connectivity index (χ0n) is 13.7. The molecule has 1 atom stereocenters. The van der Waals surface area contributed by atoms with Crippen LogP contribution >= 0.6 is 0 Å². The van der Waals surface area contributed by atoms with E-state index in [-0.39, 0.29) is 23.0 Å². The molecule has 2 aromatic rings. The number of likely N-dealkylation sites (tertiary alicyclic amines) is 1. The van der Waals surface area contributed by atoms with Crippen LogP contribution < -0.4 is 5.32 Å². The topological polar surface area (TPSA) is 61.3 Å². The molecule has 1 saturated heterocycles. The standard InChI is InChI=1S/C17H20F2N4O/c1-10-6-11(18)7-14(24)16(10)17-13(19)8-15(21-22-17)20-12-4-3-5-23(2)9-12/h6-8,12,24H,3-5,9H2,1-2H3,(H,20,21)/t12-/m1/s1. The third kappa shape index (κ3) is 3.46. The van der Waals surface area contributed by atoms with Gasteiger partial charge < -0.3 is 15.3 Å². The molecule has 1 aromatic heterocycles. The summed E-state index contributed by atoms with van der Waals surface area (Å²) in [5.74, 6) is -1.19. The minimum absolute atomic E-state index is 0.0867. The van der Waals surface area contributed by atoms with Gasteiger partial charge in [-0.1, -0.05) is 0 Å². The molecule has 2 N–H and O–H groups in total. The molecule has 0 aliphatic carbocycles. The number of hydrogen-bond donors (Lipinski definition) is 2. The number of piperidine rings is 1. The van der Waals surface area contributed by atoms with Crippen LogP contribution in [0.4, 0.5) is 14.6 Å². The number of aromatic hydroxyl groups is 1. The summed E-state index contributed by atoms with van der Waals surface area (Å²) in [6.45, 7) is 3.51. The van der Waals surface area contributed by atoms with Gasteiger partial charge in [-0.05, 0) is 45.0 Å². The van der Waals surface area contributed by atoms with Gasteiger partial charge >= 0.3 is 0 Å². The van der Waals surface area contributed by atoms with Crippen molar-refractivity contribution in [2.24, 2.45) is 0 Å². The number of nitrogens with one attached hydrogen (secondary N) is 1. The lowest BCUT2D eigenvalue weighted by Gasteiger charge is -2.30. The van der Waals surface area contributed by atoms with E-state index >= 15 is 0 Å². The minimum atomic E-state index is -0.610. The molecule has 128 valence electrons. The summed E-state index contributed by atoms with van der Waals surface area (Å²) >= 11 is 0. The number of rotatable bonds is 3. The van der Waals surface area contributed by atoms with Gasteiger partial charge in [-0.15, -0.1) is 10.2 Å². The van der Waals surface area contributed by atoms with E-state index in [1.807, 2.05) is 7.05 Å². The number of hydrogen-bond acceptors (Lipinski definition) is 5. The summed E-state index contributed by atoms with van der Waals surface area (Å²) in [4.78, 5) is 2.21. The minimum Gasteiger partial charge on any atom is -0.507 e. The monoisotopic (exact) mass is 334 g/mol. The van der Waals surface area contributed by atoms with Crippen molar-refractivity contribution in [1.29, 1.82) is 0 Å². The van der Waals surface area contributed by atoms with Gasteiger partial charge in [-0.25, -0.2) is 8.78 Å². The fourth-order valence-electron chi connectivity index (χ4n) is 3.14. The molecule has 3 rings (SSSR count). The molecule has 5 nitrogen and oxygen atoms in total. The van der Waals surface area contributed by atoms with Crippen molar-refractivity contribution in [3.05, 3.63) is 35.4 Å². The second kappa shape index (κ2) is 6.68. The molecule has 1 fully saturated rings. The average molecular weight is 334 g/mol. The maximum absolute atomic E-state index is 14.5. The first-order valence-corrected chi connectivity index (χ1v) is 7.92. The van der Waals surface area contributed by atoms with E-state index < -0.39 is 11.6 Å². The van der Waals surface area contributed by atoms with Gasteiger partial charge in [0.05, 0.1) is 5.56 Å². The van der Waals surface area contributed by atoms with Crippen LogP contribution in [0, 0.1) is 18.6 Å². The van der Waals surface area contributed by atoms with Gasteiger partial charge in [-0.3, -0.25) is 0 Å². The summed E-state index contributed by atoms with van der Waals surface area (Å²) in [7, 11) is 2.04. The molecule has 1 aliphatic rings. The molecule has 0 amide bonds. The Labute approximate surface area is 139 Å². The van der Waals surface area contributed by atoms with Gasteiger partial charge in [0.2, 0.25) is 0 Å². The fraction of sp³-hybridized carbons (Fsp3) is 0.412. The Morgan fingerprint density at radius 1 is 1.25 bits per heavy atom. The molecule has 0 spiro atoms. The number of phenols is 1. The van der Waals surface area contributed by atoms with Crippen LogP contribution in [0.25, 0.3) is 11.3 Å². The highest BCUT2D eigenvalue weighted by molar-refractivity contribution is 5.71. The Bertz CT molecular complexity index is 730. The van der Waals surface area contributed by atoms with Crippen LogP contribution in [0.1, 0.15) is 18.4 Å². The highest BCUT2D eigenvalue weighted by Gasteiger charge is 2.20. The maximum Gasteiger partial charge on any atom is 0.155 e. The van der Waals surface area contributed by atoms with Crippen LogP contribution in [-0.4, -0.2) is 46.4 Å². The van der Waals surface area contributed by atoms with Crippen LogP contribution in [0.3, 0.4) is 0 Å². The number of aromatic nitrogens is 2. The summed E-state index contributed by atoms with van der Waals surface area (Å²) in [5, 5.41) is 21.0. The summed E-state index contributed by atoms with van der Waals surface area (Å²) < 4.78 is 27.7. The third-order valence-electron chi connectivity index (χ3n) is 4.24. The normalized spacial score (nSPS) is 18.6. The molecule has 2 heterocycles. The number of anilines is 1. The molecular formula is C17H20F2N4O. The predicted octanol–water partition coefficient (Wildman–Crippen LogP) is 2.94. The van der Waals surface area contributed by atoms with Crippen LogP contribution in [0.15, 0.2) is 18.2 Å². The molecule has 0 saturated carbocycles. The SMILES string of the molecule is Cc1cc(F)cc(O)c1-c1nnc(N[C@@H]2CCCN(C)C2)cc1F. The summed E-state index contributed by atoms with van der Waals surface area (Å²) in [6, 6.07) is 3.62. The second-order valence-electron chi connectivity index (χ2n) is 6.29. The first-order valence-electron chi connectivity index (χ1n) is 7.92. The molecule has 24 heavy (non-hydrogen) atoms. The van der Waals surface area contributed by atoms with E-state index in [2.05, 4.69) is 20.4 Å². The maximum atomic E-state index is 14.5. The van der Waals surface area contributed by atoms with E-state index in [4.69, 9.17) is 0 Å². The van der Waals surface area contributed by atoms with Crippen molar-refractivity contribution in [1.82, 2.24) is 15.1 Å². The molecule has 0 unspecified atom stereocenters. The van der Waals surface area contributed by atoms with Gasteiger partial charge in [0.15, 0.2) is 11.6 Å². The van der Waals surface area contributed by atoms with Crippen molar-refractivity contribution < 1.29 is 13.9 Å². The number of phenolic OH excluding ortho intramolecular Hbond substituents is 1. The first-order chi connectivity index (χ1) is 11.4. The fourth-order valence-corrected chi connectivity index (χ4v) is 3.14. The zero-order valence-corrected chi connectivity index (χ0v) is 13.7. The van der Waals surface area contributed by atoms with Gasteiger partial charge in [0.25, 0.3) is 0 Å². The number of nitrogens with zero attached hydrogens (tertiary/aromatic N) is 3. The lowest BCUT2D eigenvalue weighted by Crippen LogP contribution is -2.39. The van der Waals surface area contributed by atoms with E-state index in [0.717, 1.165) is 32.0 Å². The Balaban J connectivity index is 1.85. The van der Waals surface area contributed by atoms with Gasteiger partial charge in [0, 0.05) is 24.7 Å². The second-order valence-corrected chi connectivity index (χ2v) is 6.29. The average Bonchev–Trinajstić information content (AvgIpc) is 2.48. The molecule has 1 aromatic carbocycles. The van der Waals surface area contributed by atoms with Crippen molar-refractivity contribution in [3.8, 4) is 17.0 Å². The van der Waals surface area contributed by atoms with Crippen LogP contribution in [-0.2, 0) is 0 Å². The van der Waals surface area contributed by atoms with Crippen LogP contribution in [0.5, 0.6) is 5.75 Å². The number of likely N-dealkylation sites (N-methyl/N-ethyl adjacent to an activating group) is 1. The molecule has 1 aliphatic heterocycles. The smallest absolute Gasteiger partial charge is 0.155 e. The third-order valence-corrected chi connectivity index (χ3v) is 4.24. The predicted molar refractivity (Wildman–Crippen MR) is 87.9 cm³/mol. The van der Waals surface area contributed by atoms with E-state index in [9.17, 15) is 13.9 Å². The Morgan fingerprint density at radius 2 is 2.04 bits per heavy atom. The molecule has 0 radical (unpaired) electrons. The van der Waals surface area contributed by atoms with E-state index in [1.165, 1.54) is 12.1 Å². The zero-order chi connectivity index (χ0) is 17.3. The number of halogens is 2. The highest BCUT2D eigenvalue weighted by atomic mass is 19.1. The summed E-state index contributed by atoms with van der Waals surface area (Å²) in [6.07, 6.45) is 2.07. The van der Waals surface area contributed by atoms with Crippen LogP contribution in [0.2, 0.25) is 0 Å².